The van der Waals surface area contributed by atoms with Crippen molar-refractivity contribution in [3.63, 3.8) is 0 Å². The van der Waals surface area contributed by atoms with Gasteiger partial charge in [0.2, 0.25) is 0 Å². The SMILES string of the molecule is CC(C)(C)[Si]1(C)CC2COCC2(CON2C(=O)c3ccccc3C2=O)O1. The topological polar surface area (TPSA) is 65.1 Å². The predicted octanol–water partition coefficient (Wildman–Crippen LogP) is 3.01. The van der Waals surface area contributed by atoms with Crippen molar-refractivity contribution in [2.24, 2.45) is 5.92 Å². The summed E-state index contributed by atoms with van der Waals surface area (Å²) in [7, 11) is -1.98. The van der Waals surface area contributed by atoms with Gasteiger partial charge in [-0.2, -0.15) is 0 Å². The number of hydrogen-bond donors (Lipinski definition) is 0. The number of ether oxygens (including phenoxy) is 1. The number of hydroxylamine groups is 2. The molecule has 2 amide bonds. The number of amides is 2. The van der Waals surface area contributed by atoms with Crippen LogP contribution < -0.4 is 0 Å². The molecule has 3 aliphatic heterocycles. The minimum Gasteiger partial charge on any atom is -0.406 e. The largest absolute Gasteiger partial charge is 0.406 e. The maximum atomic E-state index is 12.5. The van der Waals surface area contributed by atoms with Crippen molar-refractivity contribution in [1.29, 1.82) is 0 Å². The van der Waals surface area contributed by atoms with Crippen LogP contribution in [0, 0.1) is 5.92 Å². The molecule has 0 saturated carbocycles. The highest BCUT2D eigenvalue weighted by atomic mass is 28.4. The first-order chi connectivity index (χ1) is 12.2. The molecule has 0 N–H and O–H groups in total. The number of imide groups is 1. The molecular formula is C19H25NO5Si. The van der Waals surface area contributed by atoms with Gasteiger partial charge >= 0.3 is 0 Å². The Balaban J connectivity index is 1.53. The number of carbonyl (C=O) groups excluding carboxylic acids is 2. The molecule has 0 bridgehead atoms. The molecule has 3 heterocycles. The quantitative estimate of drug-likeness (QED) is 0.600. The molecule has 0 aromatic heterocycles. The summed E-state index contributed by atoms with van der Waals surface area (Å²) >= 11 is 0. The Labute approximate surface area is 154 Å². The molecule has 0 radical (unpaired) electrons. The minimum absolute atomic E-state index is 0.0971. The van der Waals surface area contributed by atoms with Crippen LogP contribution >= 0.6 is 0 Å². The fraction of sp³-hybridized carbons (Fsp3) is 0.579. The van der Waals surface area contributed by atoms with Gasteiger partial charge in [0, 0.05) is 5.92 Å². The molecule has 1 aromatic rings. The van der Waals surface area contributed by atoms with Crippen LogP contribution in [-0.2, 0) is 14.0 Å². The molecule has 2 fully saturated rings. The summed E-state index contributed by atoms with van der Waals surface area (Å²) in [6.45, 7) is 10.2. The van der Waals surface area contributed by atoms with Crippen LogP contribution in [0.15, 0.2) is 24.3 Å². The molecule has 6 nitrogen and oxygen atoms in total. The van der Waals surface area contributed by atoms with E-state index in [2.05, 4.69) is 27.3 Å². The lowest BCUT2D eigenvalue weighted by atomic mass is 9.94. The van der Waals surface area contributed by atoms with Gasteiger partial charge in [0.1, 0.15) is 12.2 Å². The van der Waals surface area contributed by atoms with Crippen molar-refractivity contribution in [2.75, 3.05) is 19.8 Å². The van der Waals surface area contributed by atoms with E-state index in [0.717, 1.165) is 11.1 Å². The van der Waals surface area contributed by atoms with Gasteiger partial charge in [-0.15, -0.1) is 5.06 Å². The molecular weight excluding hydrogens is 350 g/mol. The van der Waals surface area contributed by atoms with Gasteiger partial charge in [0.15, 0.2) is 8.32 Å². The summed E-state index contributed by atoms with van der Waals surface area (Å²) in [6.07, 6.45) is 0. The monoisotopic (exact) mass is 375 g/mol. The van der Waals surface area contributed by atoms with E-state index in [-0.39, 0.29) is 17.6 Å². The summed E-state index contributed by atoms with van der Waals surface area (Å²) in [4.78, 5) is 30.8. The van der Waals surface area contributed by atoms with Crippen LogP contribution in [0.2, 0.25) is 17.6 Å². The third-order valence-corrected chi connectivity index (χ3v) is 11.6. The van der Waals surface area contributed by atoms with Crippen LogP contribution in [0.3, 0.4) is 0 Å². The Kier molecular flexibility index (Phi) is 3.93. The molecule has 3 aliphatic rings. The fourth-order valence-electron chi connectivity index (χ4n) is 4.07. The van der Waals surface area contributed by atoms with E-state index >= 15 is 0 Å². The molecule has 3 unspecified atom stereocenters. The van der Waals surface area contributed by atoms with Gasteiger partial charge < -0.3 is 9.16 Å². The van der Waals surface area contributed by atoms with Gasteiger partial charge in [-0.05, 0) is 29.8 Å². The summed E-state index contributed by atoms with van der Waals surface area (Å²) in [5, 5.41) is 0.978. The highest BCUT2D eigenvalue weighted by molar-refractivity contribution is 6.76. The van der Waals surface area contributed by atoms with Crippen LogP contribution in [0.5, 0.6) is 0 Å². The normalized spacial score (nSPS) is 33.7. The fourth-order valence-corrected chi connectivity index (χ4v) is 7.68. The van der Waals surface area contributed by atoms with E-state index in [9.17, 15) is 9.59 Å². The van der Waals surface area contributed by atoms with Crippen molar-refractivity contribution in [3.8, 4) is 0 Å². The van der Waals surface area contributed by atoms with Crippen LogP contribution in [-0.4, -0.2) is 50.6 Å². The first-order valence-electron chi connectivity index (χ1n) is 9.06. The Morgan fingerprint density at radius 2 is 1.85 bits per heavy atom. The van der Waals surface area contributed by atoms with Crippen molar-refractivity contribution in [2.45, 2.75) is 44.0 Å². The summed E-state index contributed by atoms with van der Waals surface area (Å²) in [6, 6.07) is 7.78. The van der Waals surface area contributed by atoms with Crippen LogP contribution in [0.4, 0.5) is 0 Å². The van der Waals surface area contributed by atoms with Gasteiger partial charge in [-0.1, -0.05) is 32.9 Å². The number of nitrogens with zero attached hydrogens (tertiary/aromatic N) is 1. The summed E-state index contributed by atoms with van der Waals surface area (Å²) < 4.78 is 12.4. The zero-order valence-electron chi connectivity index (χ0n) is 15.7. The van der Waals surface area contributed by atoms with Gasteiger partial charge in [0.05, 0.1) is 24.3 Å². The molecule has 4 rings (SSSR count). The predicted molar refractivity (Wildman–Crippen MR) is 97.2 cm³/mol. The second-order valence-corrected chi connectivity index (χ2v) is 13.4. The average Bonchev–Trinajstić information content (AvgIpc) is 3.15. The first kappa shape index (κ1) is 17.9. The Bertz CT molecular complexity index is 740. The van der Waals surface area contributed by atoms with Gasteiger partial charge in [0.25, 0.3) is 11.8 Å². The van der Waals surface area contributed by atoms with Crippen molar-refractivity contribution < 1.29 is 23.6 Å². The molecule has 0 aliphatic carbocycles. The van der Waals surface area contributed by atoms with Crippen LogP contribution in [0.1, 0.15) is 41.5 Å². The summed E-state index contributed by atoms with van der Waals surface area (Å²) in [5.41, 5.74) is 0.203. The molecule has 1 aromatic carbocycles. The standard InChI is InChI=1S/C19H25NO5Si/c1-18(2,3)26(4)10-13-9-23-11-19(13,25-26)12-24-20-16(21)14-7-5-6-8-15(14)17(20)22/h5-8,13H,9-12H2,1-4H3. The van der Waals surface area contributed by atoms with E-state index in [0.29, 0.717) is 24.3 Å². The third-order valence-electron chi connectivity index (χ3n) is 6.26. The lowest BCUT2D eigenvalue weighted by Crippen LogP contribution is -2.49. The number of benzene rings is 1. The Morgan fingerprint density at radius 1 is 1.23 bits per heavy atom. The maximum absolute atomic E-state index is 12.5. The van der Waals surface area contributed by atoms with Crippen molar-refractivity contribution in [1.82, 2.24) is 5.06 Å². The lowest BCUT2D eigenvalue weighted by molar-refractivity contribution is -0.142. The van der Waals surface area contributed by atoms with Crippen LogP contribution in [0.25, 0.3) is 0 Å². The highest BCUT2D eigenvalue weighted by Gasteiger charge is 2.62. The van der Waals surface area contributed by atoms with E-state index in [1.54, 1.807) is 24.3 Å². The van der Waals surface area contributed by atoms with Crippen molar-refractivity contribution >= 4 is 20.1 Å². The number of hydrogen-bond acceptors (Lipinski definition) is 5. The molecule has 140 valence electrons. The number of rotatable bonds is 3. The second-order valence-electron chi connectivity index (χ2n) is 8.79. The Morgan fingerprint density at radius 3 is 2.42 bits per heavy atom. The van der Waals surface area contributed by atoms with E-state index in [4.69, 9.17) is 14.0 Å². The lowest BCUT2D eigenvalue weighted by Gasteiger charge is -2.39. The molecule has 3 atom stereocenters. The Hall–Kier alpha value is -1.54. The molecule has 7 heteroatoms. The smallest absolute Gasteiger partial charge is 0.285 e. The molecule has 26 heavy (non-hydrogen) atoms. The minimum atomic E-state index is -1.98. The maximum Gasteiger partial charge on any atom is 0.285 e. The average molecular weight is 375 g/mol. The van der Waals surface area contributed by atoms with Crippen molar-refractivity contribution in [3.05, 3.63) is 35.4 Å². The molecule has 0 spiro atoms. The van der Waals surface area contributed by atoms with Gasteiger partial charge in [-0.3, -0.25) is 14.4 Å². The number of carbonyl (C=O) groups is 2. The highest BCUT2D eigenvalue weighted by Crippen LogP contribution is 2.53. The van der Waals surface area contributed by atoms with Gasteiger partial charge in [-0.25, -0.2) is 0 Å². The zero-order chi connectivity index (χ0) is 18.7. The van der Waals surface area contributed by atoms with E-state index < -0.39 is 25.7 Å². The van der Waals surface area contributed by atoms with E-state index in [1.807, 2.05) is 0 Å². The third kappa shape index (κ3) is 2.49. The number of fused-ring (bicyclic) bond motifs is 2. The molecule has 2 saturated heterocycles. The summed E-state index contributed by atoms with van der Waals surface area (Å²) in [5.74, 6) is -0.578. The first-order valence-corrected chi connectivity index (χ1v) is 11.7. The van der Waals surface area contributed by atoms with E-state index in [1.165, 1.54) is 0 Å². The zero-order valence-corrected chi connectivity index (χ0v) is 16.7. The second kappa shape index (κ2) is 5.72.